The molecule has 0 radical (unpaired) electrons. The first-order valence-corrected chi connectivity index (χ1v) is 12.7. The second-order valence-electron chi connectivity index (χ2n) is 7.81. The molecule has 0 aliphatic heterocycles. The fourth-order valence-corrected chi connectivity index (χ4v) is 3.42. The Morgan fingerprint density at radius 3 is 0.962 bits per heavy atom. The molecule has 0 rings (SSSR count). The van der Waals surface area contributed by atoms with Gasteiger partial charge in [-0.15, -0.1) is 0 Å². The molecule has 0 aliphatic rings. The lowest BCUT2D eigenvalue weighted by atomic mass is 10.1. The Kier molecular flexibility index (Phi) is 33.0. The highest BCUT2D eigenvalue weighted by atomic mass is 32.1. The van der Waals surface area contributed by atoms with Crippen LogP contribution in [-0.2, 0) is 0 Å². The van der Waals surface area contributed by atoms with Crippen LogP contribution in [0.1, 0.15) is 142 Å². The largest absolute Gasteiger partial charge is 0.396 e. The normalized spacial score (nSPS) is 10.6. The molecule has 0 aromatic rings. The van der Waals surface area contributed by atoms with Crippen LogP contribution in [0.3, 0.4) is 0 Å². The molecule has 0 spiro atoms. The fourth-order valence-electron chi connectivity index (χ4n) is 3.20. The molecular weight excluding hydrogens is 336 g/mol. The minimum absolute atomic E-state index is 0.372. The molecule has 0 aromatic heterocycles. The highest BCUT2D eigenvalue weighted by Crippen LogP contribution is 2.11. The minimum Gasteiger partial charge on any atom is -0.396 e. The standard InChI is InChI=1S/C12H26O.C12H26S/c2*1-2-3-4-5-6-7-8-9-10-11-12-13/h2*13H,2-12H2,1H3. The molecule has 0 amide bonds. The summed E-state index contributed by atoms with van der Waals surface area (Å²) >= 11 is 4.20. The van der Waals surface area contributed by atoms with E-state index in [9.17, 15) is 0 Å². The lowest BCUT2D eigenvalue weighted by Gasteiger charge is -2.00. The van der Waals surface area contributed by atoms with Gasteiger partial charge in [-0.3, -0.25) is 0 Å². The van der Waals surface area contributed by atoms with Crippen molar-refractivity contribution in [3.05, 3.63) is 0 Å². The smallest absolute Gasteiger partial charge is 0.0431 e. The van der Waals surface area contributed by atoms with Crippen LogP contribution in [-0.4, -0.2) is 17.5 Å². The highest BCUT2D eigenvalue weighted by Gasteiger charge is 1.92. The number of hydrogen-bond acceptors (Lipinski definition) is 2. The summed E-state index contributed by atoms with van der Waals surface area (Å²) in [5.41, 5.74) is 0. The zero-order valence-electron chi connectivity index (χ0n) is 18.5. The first-order valence-electron chi connectivity index (χ1n) is 12.0. The van der Waals surface area contributed by atoms with Gasteiger partial charge >= 0.3 is 0 Å². The first-order chi connectivity index (χ1) is 12.8. The Bertz CT molecular complexity index is 166. The average Bonchev–Trinajstić information content (AvgIpc) is 2.66. The lowest BCUT2D eigenvalue weighted by molar-refractivity contribution is 0.282. The zero-order chi connectivity index (χ0) is 19.6. The molecule has 1 nitrogen and oxygen atoms in total. The number of rotatable bonds is 20. The quantitative estimate of drug-likeness (QED) is 0.158. The summed E-state index contributed by atoms with van der Waals surface area (Å²) in [6.07, 6.45) is 27.5. The first kappa shape index (κ1) is 28.5. The van der Waals surface area contributed by atoms with Gasteiger partial charge < -0.3 is 5.11 Å². The maximum absolute atomic E-state index is 8.57. The minimum atomic E-state index is 0.372. The summed E-state index contributed by atoms with van der Waals surface area (Å²) in [6.45, 7) is 4.91. The van der Waals surface area contributed by atoms with Crippen LogP contribution in [0, 0.1) is 0 Å². The van der Waals surface area contributed by atoms with Crippen molar-refractivity contribution in [3.8, 4) is 0 Å². The molecule has 26 heavy (non-hydrogen) atoms. The number of hydrogen-bond donors (Lipinski definition) is 2. The monoisotopic (exact) mass is 388 g/mol. The van der Waals surface area contributed by atoms with E-state index in [0.29, 0.717) is 6.61 Å². The summed E-state index contributed by atoms with van der Waals surface area (Å²) in [7, 11) is 0. The third-order valence-corrected chi connectivity index (χ3v) is 5.34. The summed E-state index contributed by atoms with van der Waals surface area (Å²) < 4.78 is 0. The average molecular weight is 389 g/mol. The van der Waals surface area contributed by atoms with Crippen molar-refractivity contribution in [2.24, 2.45) is 0 Å². The van der Waals surface area contributed by atoms with E-state index in [0.717, 1.165) is 12.2 Å². The van der Waals surface area contributed by atoms with E-state index >= 15 is 0 Å². The second kappa shape index (κ2) is 30.1. The fraction of sp³-hybridized carbons (Fsp3) is 1.00. The summed E-state index contributed by atoms with van der Waals surface area (Å²) in [4.78, 5) is 0. The van der Waals surface area contributed by atoms with Gasteiger partial charge in [0.25, 0.3) is 0 Å². The molecule has 0 saturated heterocycles. The van der Waals surface area contributed by atoms with Crippen molar-refractivity contribution in [3.63, 3.8) is 0 Å². The van der Waals surface area contributed by atoms with Gasteiger partial charge in [0.05, 0.1) is 0 Å². The molecule has 2 heteroatoms. The molecule has 0 heterocycles. The van der Waals surface area contributed by atoms with E-state index in [1.165, 1.54) is 122 Å². The molecule has 0 aliphatic carbocycles. The van der Waals surface area contributed by atoms with Crippen LogP contribution in [0.2, 0.25) is 0 Å². The molecule has 0 fully saturated rings. The Morgan fingerprint density at radius 1 is 0.423 bits per heavy atom. The van der Waals surface area contributed by atoms with E-state index in [1.807, 2.05) is 0 Å². The number of aliphatic hydroxyl groups is 1. The zero-order valence-corrected chi connectivity index (χ0v) is 19.3. The predicted octanol–water partition coefficient (Wildman–Crippen LogP) is 8.74. The van der Waals surface area contributed by atoms with E-state index in [1.54, 1.807) is 0 Å². The van der Waals surface area contributed by atoms with E-state index in [2.05, 4.69) is 26.5 Å². The molecule has 0 unspecified atom stereocenters. The topological polar surface area (TPSA) is 20.2 Å². The van der Waals surface area contributed by atoms with Gasteiger partial charge in [0.15, 0.2) is 0 Å². The van der Waals surface area contributed by atoms with Crippen molar-refractivity contribution < 1.29 is 5.11 Å². The van der Waals surface area contributed by atoms with Gasteiger partial charge in [-0.1, -0.05) is 129 Å². The van der Waals surface area contributed by atoms with Crippen molar-refractivity contribution in [1.29, 1.82) is 0 Å². The van der Waals surface area contributed by atoms with Gasteiger partial charge in [0.2, 0.25) is 0 Å². The number of unbranched alkanes of at least 4 members (excludes halogenated alkanes) is 18. The molecule has 1 N–H and O–H groups in total. The summed E-state index contributed by atoms with van der Waals surface area (Å²) in [6, 6.07) is 0. The van der Waals surface area contributed by atoms with Gasteiger partial charge in [0.1, 0.15) is 0 Å². The molecule has 0 atom stereocenters. The third kappa shape index (κ3) is 32.0. The molecule has 0 aromatic carbocycles. The van der Waals surface area contributed by atoms with Crippen LogP contribution < -0.4 is 0 Å². The van der Waals surface area contributed by atoms with Gasteiger partial charge in [0, 0.05) is 6.61 Å². The number of aliphatic hydroxyl groups excluding tert-OH is 1. The maximum Gasteiger partial charge on any atom is 0.0431 e. The molecule has 160 valence electrons. The van der Waals surface area contributed by atoms with Gasteiger partial charge in [-0.05, 0) is 18.6 Å². The SMILES string of the molecule is CCCCCCCCCCCCO.CCCCCCCCCCCCS. The van der Waals surface area contributed by atoms with Crippen LogP contribution in [0.5, 0.6) is 0 Å². The molecule has 0 bridgehead atoms. The van der Waals surface area contributed by atoms with E-state index in [4.69, 9.17) is 5.11 Å². The predicted molar refractivity (Wildman–Crippen MR) is 125 cm³/mol. The third-order valence-electron chi connectivity index (χ3n) is 5.02. The van der Waals surface area contributed by atoms with Crippen molar-refractivity contribution in [2.75, 3.05) is 12.4 Å². The molecular formula is C24H52OS. The number of thiol groups is 1. The van der Waals surface area contributed by atoms with Crippen LogP contribution in [0.15, 0.2) is 0 Å². The summed E-state index contributed by atoms with van der Waals surface area (Å²) in [5, 5.41) is 8.57. The Morgan fingerprint density at radius 2 is 0.692 bits per heavy atom. The maximum atomic E-state index is 8.57. The van der Waals surface area contributed by atoms with Crippen molar-refractivity contribution in [2.45, 2.75) is 142 Å². The second-order valence-corrected chi connectivity index (χ2v) is 8.26. The van der Waals surface area contributed by atoms with Crippen LogP contribution in [0.4, 0.5) is 0 Å². The van der Waals surface area contributed by atoms with Crippen molar-refractivity contribution in [1.82, 2.24) is 0 Å². The van der Waals surface area contributed by atoms with Crippen LogP contribution >= 0.6 is 12.6 Å². The van der Waals surface area contributed by atoms with Gasteiger partial charge in [-0.25, -0.2) is 0 Å². The Labute approximate surface area is 172 Å². The van der Waals surface area contributed by atoms with E-state index in [-0.39, 0.29) is 0 Å². The lowest BCUT2D eigenvalue weighted by Crippen LogP contribution is -1.84. The highest BCUT2D eigenvalue weighted by molar-refractivity contribution is 7.80. The molecule has 0 saturated carbocycles. The van der Waals surface area contributed by atoms with Gasteiger partial charge in [-0.2, -0.15) is 12.6 Å². The summed E-state index contributed by atoms with van der Waals surface area (Å²) in [5.74, 6) is 1.07. The van der Waals surface area contributed by atoms with Crippen molar-refractivity contribution >= 4 is 12.6 Å². The van der Waals surface area contributed by atoms with E-state index < -0.39 is 0 Å². The Balaban J connectivity index is 0. The van der Waals surface area contributed by atoms with Crippen LogP contribution in [0.25, 0.3) is 0 Å². The Hall–Kier alpha value is 0.310.